The molecule has 7 nitrogen and oxygen atoms in total. The quantitative estimate of drug-likeness (QED) is 0.630. The number of rotatable bonds is 6. The third kappa shape index (κ3) is 3.64. The van der Waals surface area contributed by atoms with E-state index in [1.54, 1.807) is 4.68 Å². The van der Waals surface area contributed by atoms with E-state index < -0.39 is 0 Å². The summed E-state index contributed by atoms with van der Waals surface area (Å²) in [6.07, 6.45) is 0. The molecule has 0 N–H and O–H groups in total. The third-order valence-electron chi connectivity index (χ3n) is 3.58. The van der Waals surface area contributed by atoms with Crippen molar-refractivity contribution in [1.82, 2.24) is 30.3 Å². The highest BCUT2D eigenvalue weighted by molar-refractivity contribution is 7.98. The van der Waals surface area contributed by atoms with Gasteiger partial charge in [0.15, 0.2) is 0 Å². The maximum atomic E-state index is 5.34. The normalized spacial score (nSPS) is 11.6. The maximum Gasteiger partial charge on any atom is 0.237 e. The van der Waals surface area contributed by atoms with Gasteiger partial charge in [-0.2, -0.15) is 4.98 Å². The number of tetrazole rings is 1. The lowest BCUT2D eigenvalue weighted by Crippen LogP contribution is -2.04. The van der Waals surface area contributed by atoms with Crippen LogP contribution in [-0.2, 0) is 5.75 Å². The summed E-state index contributed by atoms with van der Waals surface area (Å²) in [6, 6.07) is 8.45. The van der Waals surface area contributed by atoms with Gasteiger partial charge in [0.05, 0.1) is 11.8 Å². The largest absolute Gasteiger partial charge is 0.338 e. The van der Waals surface area contributed by atoms with Gasteiger partial charge in [0, 0.05) is 5.56 Å². The van der Waals surface area contributed by atoms with E-state index in [9.17, 15) is 0 Å². The van der Waals surface area contributed by atoms with Crippen molar-refractivity contribution in [3.8, 4) is 11.4 Å². The molecule has 24 heavy (non-hydrogen) atoms. The highest BCUT2D eigenvalue weighted by Crippen LogP contribution is 2.24. The fraction of sp³-hybridized carbons (Fsp3) is 0.438. The van der Waals surface area contributed by atoms with Gasteiger partial charge in [0.1, 0.15) is 0 Å². The number of hydrogen-bond acceptors (Lipinski definition) is 7. The van der Waals surface area contributed by atoms with Crippen molar-refractivity contribution in [2.75, 3.05) is 0 Å². The Morgan fingerprint density at radius 3 is 2.54 bits per heavy atom. The molecule has 0 radical (unpaired) electrons. The van der Waals surface area contributed by atoms with E-state index >= 15 is 0 Å². The Labute approximate surface area is 144 Å². The fourth-order valence-corrected chi connectivity index (χ4v) is 3.02. The van der Waals surface area contributed by atoms with Crippen LogP contribution < -0.4 is 0 Å². The number of aromatic nitrogens is 6. The zero-order valence-corrected chi connectivity index (χ0v) is 15.0. The van der Waals surface area contributed by atoms with Crippen LogP contribution in [0.2, 0.25) is 0 Å². The van der Waals surface area contributed by atoms with E-state index in [-0.39, 0.29) is 6.04 Å². The highest BCUT2D eigenvalue weighted by Gasteiger charge is 2.13. The second-order valence-corrected chi connectivity index (χ2v) is 7.02. The maximum absolute atomic E-state index is 5.34. The topological polar surface area (TPSA) is 82.5 Å². The first-order valence-corrected chi connectivity index (χ1v) is 8.86. The van der Waals surface area contributed by atoms with Gasteiger partial charge in [-0.25, -0.2) is 4.68 Å². The molecule has 1 aromatic carbocycles. The molecule has 0 spiro atoms. The van der Waals surface area contributed by atoms with Crippen LogP contribution in [-0.4, -0.2) is 30.3 Å². The number of benzene rings is 1. The van der Waals surface area contributed by atoms with Crippen molar-refractivity contribution in [2.45, 2.75) is 50.6 Å². The van der Waals surface area contributed by atoms with Crippen LogP contribution in [0.3, 0.4) is 0 Å². The molecule has 126 valence electrons. The average Bonchev–Trinajstić information content (AvgIpc) is 3.22. The summed E-state index contributed by atoms with van der Waals surface area (Å²) in [4.78, 5) is 4.45. The number of hydrogen-bond donors (Lipinski definition) is 0. The van der Waals surface area contributed by atoms with Crippen molar-refractivity contribution in [2.24, 2.45) is 0 Å². The van der Waals surface area contributed by atoms with Crippen LogP contribution in [0.4, 0.5) is 0 Å². The molecule has 0 aliphatic carbocycles. The molecule has 0 amide bonds. The molecule has 0 unspecified atom stereocenters. The van der Waals surface area contributed by atoms with Crippen LogP contribution in [0.1, 0.15) is 51.1 Å². The van der Waals surface area contributed by atoms with Gasteiger partial charge in [-0.15, -0.1) is 5.10 Å². The molecule has 0 aliphatic heterocycles. The summed E-state index contributed by atoms with van der Waals surface area (Å²) in [5.41, 5.74) is 2.24. The summed E-state index contributed by atoms with van der Waals surface area (Å²) >= 11 is 1.48. The Morgan fingerprint density at radius 2 is 1.88 bits per heavy atom. The lowest BCUT2D eigenvalue weighted by molar-refractivity contribution is 0.391. The average molecular weight is 344 g/mol. The van der Waals surface area contributed by atoms with Gasteiger partial charge in [-0.1, -0.05) is 55.0 Å². The lowest BCUT2D eigenvalue weighted by atomic mass is 10.0. The molecule has 0 saturated heterocycles. The van der Waals surface area contributed by atoms with E-state index in [1.165, 1.54) is 17.3 Å². The van der Waals surface area contributed by atoms with Gasteiger partial charge >= 0.3 is 0 Å². The first kappa shape index (κ1) is 16.6. The summed E-state index contributed by atoms with van der Waals surface area (Å²) < 4.78 is 7.11. The summed E-state index contributed by atoms with van der Waals surface area (Å²) in [5, 5.41) is 16.5. The van der Waals surface area contributed by atoms with E-state index in [0.717, 1.165) is 10.7 Å². The van der Waals surface area contributed by atoms with Crippen LogP contribution in [0.25, 0.3) is 11.4 Å². The van der Waals surface area contributed by atoms with Crippen molar-refractivity contribution in [3.63, 3.8) is 0 Å². The van der Waals surface area contributed by atoms with Gasteiger partial charge in [-0.3, -0.25) is 0 Å². The summed E-state index contributed by atoms with van der Waals surface area (Å²) in [6.45, 7) is 8.41. The predicted molar refractivity (Wildman–Crippen MR) is 91.6 cm³/mol. The van der Waals surface area contributed by atoms with Crippen molar-refractivity contribution in [1.29, 1.82) is 0 Å². The zero-order chi connectivity index (χ0) is 17.1. The van der Waals surface area contributed by atoms with Gasteiger partial charge in [0.2, 0.25) is 16.9 Å². The number of nitrogens with zero attached hydrogens (tertiary/aromatic N) is 6. The Morgan fingerprint density at radius 1 is 1.12 bits per heavy atom. The number of thioether (sulfide) groups is 1. The molecule has 0 aliphatic rings. The molecular weight excluding hydrogens is 324 g/mol. The van der Waals surface area contributed by atoms with Crippen LogP contribution >= 0.6 is 11.8 Å². The van der Waals surface area contributed by atoms with Gasteiger partial charge < -0.3 is 4.52 Å². The predicted octanol–water partition coefficient (Wildman–Crippen LogP) is 3.72. The SMILES string of the molecule is CC(C)c1ccc(-c2noc(CSc3nnnn3C(C)C)n2)cc1. The Hall–Kier alpha value is -2.22. The molecule has 2 aromatic heterocycles. The van der Waals surface area contributed by atoms with E-state index in [1.807, 2.05) is 26.0 Å². The van der Waals surface area contributed by atoms with Crippen molar-refractivity contribution in [3.05, 3.63) is 35.7 Å². The summed E-state index contributed by atoms with van der Waals surface area (Å²) in [5.74, 6) is 2.19. The molecule has 3 rings (SSSR count). The smallest absolute Gasteiger partial charge is 0.237 e. The summed E-state index contributed by atoms with van der Waals surface area (Å²) in [7, 11) is 0. The first-order valence-electron chi connectivity index (χ1n) is 7.88. The molecule has 0 bridgehead atoms. The minimum absolute atomic E-state index is 0.209. The highest BCUT2D eigenvalue weighted by atomic mass is 32.2. The van der Waals surface area contributed by atoms with Crippen molar-refractivity contribution < 1.29 is 4.52 Å². The molecule has 8 heteroatoms. The Balaban J connectivity index is 1.68. The molecule has 0 fully saturated rings. The first-order chi connectivity index (χ1) is 11.5. The second-order valence-electron chi connectivity index (χ2n) is 6.08. The standard InChI is InChI=1S/C16H20N6OS/c1-10(2)12-5-7-13(8-6-12)15-17-14(23-19-15)9-24-16-18-20-21-22(16)11(3)4/h5-8,10-11H,9H2,1-4H3. The monoisotopic (exact) mass is 344 g/mol. The molecule has 0 atom stereocenters. The minimum Gasteiger partial charge on any atom is -0.338 e. The zero-order valence-electron chi connectivity index (χ0n) is 14.2. The van der Waals surface area contributed by atoms with Crippen molar-refractivity contribution >= 4 is 11.8 Å². The van der Waals surface area contributed by atoms with Gasteiger partial charge in [0.25, 0.3) is 0 Å². The van der Waals surface area contributed by atoms with E-state index in [2.05, 4.69) is 51.6 Å². The third-order valence-corrected chi connectivity index (χ3v) is 4.50. The van der Waals surface area contributed by atoms with Crippen LogP contribution in [0, 0.1) is 0 Å². The Bertz CT molecular complexity index is 793. The van der Waals surface area contributed by atoms with Crippen LogP contribution in [0.5, 0.6) is 0 Å². The second kappa shape index (κ2) is 7.12. The van der Waals surface area contributed by atoms with E-state index in [4.69, 9.17) is 4.52 Å². The Kier molecular flexibility index (Phi) is 4.94. The molecule has 0 saturated carbocycles. The minimum atomic E-state index is 0.209. The molecule has 2 heterocycles. The lowest BCUT2D eigenvalue weighted by Gasteiger charge is -2.05. The van der Waals surface area contributed by atoms with Crippen LogP contribution in [0.15, 0.2) is 33.9 Å². The molecule has 3 aromatic rings. The fourth-order valence-electron chi connectivity index (χ4n) is 2.18. The molecular formula is C16H20N6OS. The van der Waals surface area contributed by atoms with Gasteiger partial charge in [-0.05, 0) is 35.8 Å². The van der Waals surface area contributed by atoms with E-state index in [0.29, 0.717) is 23.4 Å².